The molecule has 0 bridgehead atoms. The van der Waals surface area contributed by atoms with Gasteiger partial charge in [0, 0.05) is 6.20 Å². The number of halogens is 1. The average Bonchev–Trinajstić information content (AvgIpc) is 2.50. The zero-order chi connectivity index (χ0) is 16.1. The minimum Gasteiger partial charge on any atom is -0.310 e. The topological polar surface area (TPSA) is 101 Å². The zero-order valence-corrected chi connectivity index (χ0v) is 13.5. The number of carbonyl (C=O) groups is 1. The van der Waals surface area contributed by atoms with Gasteiger partial charge in [0.1, 0.15) is 11.5 Å². The molecule has 0 saturated heterocycles. The molecule has 22 heavy (non-hydrogen) atoms. The number of aromatic amines is 1. The number of carbonyl (C=O) groups excluding carboxylic acids is 1. The second-order valence-corrected chi connectivity index (χ2v) is 6.04. The summed E-state index contributed by atoms with van der Waals surface area (Å²) in [6, 6.07) is 3.26. The molecule has 116 valence electrons. The molecule has 7 nitrogen and oxygen atoms in total. The fraction of sp³-hybridized carbons (Fsp3) is 0.308. The summed E-state index contributed by atoms with van der Waals surface area (Å²) in [5.41, 5.74) is -0.0284. The maximum atomic E-state index is 12.2. The molecule has 2 N–H and O–H groups in total. The van der Waals surface area contributed by atoms with Crippen molar-refractivity contribution in [2.75, 3.05) is 5.32 Å². The lowest BCUT2D eigenvalue weighted by atomic mass is 10.3. The van der Waals surface area contributed by atoms with Gasteiger partial charge in [0.15, 0.2) is 5.16 Å². The first-order valence-electron chi connectivity index (χ1n) is 6.52. The van der Waals surface area contributed by atoms with Crippen molar-refractivity contribution in [3.05, 3.63) is 39.4 Å². The Kier molecular flexibility index (Phi) is 5.51. The second-order valence-electron chi connectivity index (χ2n) is 4.41. The number of hydrogen-bond acceptors (Lipinski definition) is 6. The predicted molar refractivity (Wildman–Crippen MR) is 85.2 cm³/mol. The van der Waals surface area contributed by atoms with Gasteiger partial charge < -0.3 is 5.32 Å². The van der Waals surface area contributed by atoms with Crippen LogP contribution in [0.2, 0.25) is 5.02 Å². The van der Waals surface area contributed by atoms with Gasteiger partial charge in [-0.05, 0) is 25.5 Å². The van der Waals surface area contributed by atoms with E-state index in [1.807, 2.05) is 6.92 Å². The van der Waals surface area contributed by atoms with E-state index in [2.05, 4.69) is 25.5 Å². The molecule has 9 heteroatoms. The molecule has 2 rings (SSSR count). The van der Waals surface area contributed by atoms with Crippen molar-refractivity contribution >= 4 is 35.1 Å². The Morgan fingerprint density at radius 2 is 2.23 bits per heavy atom. The van der Waals surface area contributed by atoms with E-state index in [9.17, 15) is 9.59 Å². The summed E-state index contributed by atoms with van der Waals surface area (Å²) in [7, 11) is 0. The summed E-state index contributed by atoms with van der Waals surface area (Å²) in [4.78, 5) is 30.3. The molecule has 0 aromatic carbocycles. The number of anilines is 1. The van der Waals surface area contributed by atoms with Crippen LogP contribution in [0.25, 0.3) is 0 Å². The van der Waals surface area contributed by atoms with Gasteiger partial charge in [0.25, 0.3) is 5.56 Å². The molecule has 0 saturated carbocycles. The van der Waals surface area contributed by atoms with Gasteiger partial charge in [-0.2, -0.15) is 0 Å². The molecule has 0 spiro atoms. The van der Waals surface area contributed by atoms with E-state index >= 15 is 0 Å². The van der Waals surface area contributed by atoms with E-state index in [1.54, 1.807) is 19.1 Å². The second kappa shape index (κ2) is 7.37. The summed E-state index contributed by atoms with van der Waals surface area (Å²) in [5, 5.41) is 10.7. The van der Waals surface area contributed by atoms with Crippen LogP contribution in [-0.4, -0.2) is 31.3 Å². The lowest BCUT2D eigenvalue weighted by molar-refractivity contribution is -0.115. The van der Waals surface area contributed by atoms with Gasteiger partial charge >= 0.3 is 0 Å². The Morgan fingerprint density at radius 3 is 2.82 bits per heavy atom. The van der Waals surface area contributed by atoms with E-state index in [-0.39, 0.29) is 17.2 Å². The number of nitrogens with zero attached hydrogens (tertiary/aromatic N) is 3. The number of aromatic nitrogens is 4. The van der Waals surface area contributed by atoms with Crippen molar-refractivity contribution < 1.29 is 4.79 Å². The van der Waals surface area contributed by atoms with Crippen LogP contribution >= 0.6 is 23.4 Å². The fourth-order valence-electron chi connectivity index (χ4n) is 1.54. The van der Waals surface area contributed by atoms with E-state index in [0.717, 1.165) is 11.8 Å². The summed E-state index contributed by atoms with van der Waals surface area (Å²) in [5.74, 6) is 0.183. The Bertz CT molecular complexity index is 719. The molecule has 0 unspecified atom stereocenters. The molecule has 0 aliphatic heterocycles. The van der Waals surface area contributed by atoms with Gasteiger partial charge in [-0.25, -0.2) is 4.98 Å². The van der Waals surface area contributed by atoms with Crippen LogP contribution in [0.4, 0.5) is 5.82 Å². The SMILES string of the molecule is CC[C@H](Sc1nnc(C)c(=O)[nH]1)C(=O)Nc1ccc(Cl)cn1. The van der Waals surface area contributed by atoms with Crippen LogP contribution in [0.3, 0.4) is 0 Å². The molecule has 0 fully saturated rings. The Labute approximate surface area is 135 Å². The Hall–Kier alpha value is -1.93. The molecule has 0 aliphatic carbocycles. The molecular formula is C13H14ClN5O2S. The number of aryl methyl sites for hydroxylation is 1. The minimum absolute atomic E-state index is 0.231. The molecule has 0 radical (unpaired) electrons. The summed E-state index contributed by atoms with van der Waals surface area (Å²) in [6.07, 6.45) is 2.01. The van der Waals surface area contributed by atoms with Gasteiger partial charge in [-0.3, -0.25) is 14.6 Å². The molecule has 1 atom stereocenters. The molecule has 2 aromatic rings. The van der Waals surface area contributed by atoms with E-state index in [0.29, 0.717) is 22.4 Å². The average molecular weight is 340 g/mol. The van der Waals surface area contributed by atoms with Crippen molar-refractivity contribution in [2.45, 2.75) is 30.7 Å². The first kappa shape index (κ1) is 16.4. The summed E-state index contributed by atoms with van der Waals surface area (Å²) < 4.78 is 0. The van der Waals surface area contributed by atoms with Crippen molar-refractivity contribution in [1.82, 2.24) is 20.2 Å². The number of pyridine rings is 1. The molecule has 1 amide bonds. The van der Waals surface area contributed by atoms with E-state index in [1.165, 1.54) is 6.20 Å². The van der Waals surface area contributed by atoms with Crippen molar-refractivity contribution in [3.63, 3.8) is 0 Å². The smallest absolute Gasteiger partial charge is 0.273 e. The Morgan fingerprint density at radius 1 is 1.45 bits per heavy atom. The predicted octanol–water partition coefficient (Wildman–Crippen LogP) is 2.03. The van der Waals surface area contributed by atoms with Crippen LogP contribution in [-0.2, 0) is 4.79 Å². The Balaban J connectivity index is 2.06. The third kappa shape index (κ3) is 4.28. The summed E-state index contributed by atoms with van der Waals surface area (Å²) in [6.45, 7) is 3.43. The van der Waals surface area contributed by atoms with Crippen LogP contribution in [0.15, 0.2) is 28.3 Å². The number of H-pyrrole nitrogens is 1. The van der Waals surface area contributed by atoms with Crippen LogP contribution in [0.5, 0.6) is 0 Å². The fourth-order valence-corrected chi connectivity index (χ4v) is 2.50. The van der Waals surface area contributed by atoms with E-state index < -0.39 is 5.25 Å². The highest BCUT2D eigenvalue weighted by Gasteiger charge is 2.20. The summed E-state index contributed by atoms with van der Waals surface area (Å²) >= 11 is 6.89. The molecule has 0 aliphatic rings. The standard InChI is InChI=1S/C13H14ClN5O2S/c1-3-9(22-13-17-11(20)7(2)18-19-13)12(21)16-10-5-4-8(14)6-15-10/h4-6,9H,3H2,1-2H3,(H,15,16,21)(H,17,19,20)/t9-/m0/s1. The van der Waals surface area contributed by atoms with Crippen molar-refractivity contribution in [3.8, 4) is 0 Å². The maximum Gasteiger partial charge on any atom is 0.273 e. The number of rotatable bonds is 5. The van der Waals surface area contributed by atoms with Gasteiger partial charge in [0.2, 0.25) is 5.91 Å². The van der Waals surface area contributed by atoms with Crippen LogP contribution < -0.4 is 10.9 Å². The van der Waals surface area contributed by atoms with Crippen LogP contribution in [0, 0.1) is 6.92 Å². The molecular weight excluding hydrogens is 326 g/mol. The largest absolute Gasteiger partial charge is 0.310 e. The monoisotopic (exact) mass is 339 g/mol. The molecule has 2 heterocycles. The number of hydrogen-bond donors (Lipinski definition) is 2. The maximum absolute atomic E-state index is 12.2. The zero-order valence-electron chi connectivity index (χ0n) is 12.0. The normalized spacial score (nSPS) is 12.0. The lowest BCUT2D eigenvalue weighted by Crippen LogP contribution is -2.26. The number of nitrogens with one attached hydrogen (secondary N) is 2. The quantitative estimate of drug-likeness (QED) is 0.808. The highest BCUT2D eigenvalue weighted by atomic mass is 35.5. The third-order valence-corrected chi connectivity index (χ3v) is 4.20. The van der Waals surface area contributed by atoms with Crippen LogP contribution in [0.1, 0.15) is 19.0 Å². The lowest BCUT2D eigenvalue weighted by Gasteiger charge is -2.13. The van der Waals surface area contributed by atoms with Gasteiger partial charge in [-0.15, -0.1) is 10.2 Å². The highest BCUT2D eigenvalue weighted by molar-refractivity contribution is 8.00. The molecule has 2 aromatic heterocycles. The first-order chi connectivity index (χ1) is 10.5. The minimum atomic E-state index is -0.426. The van der Waals surface area contributed by atoms with Crippen molar-refractivity contribution in [2.24, 2.45) is 0 Å². The van der Waals surface area contributed by atoms with E-state index in [4.69, 9.17) is 11.6 Å². The van der Waals surface area contributed by atoms with Crippen molar-refractivity contribution in [1.29, 1.82) is 0 Å². The third-order valence-electron chi connectivity index (χ3n) is 2.74. The number of thioether (sulfide) groups is 1. The number of amides is 1. The van der Waals surface area contributed by atoms with Gasteiger partial charge in [-0.1, -0.05) is 30.3 Å². The first-order valence-corrected chi connectivity index (χ1v) is 7.78. The highest BCUT2D eigenvalue weighted by Crippen LogP contribution is 2.22. The van der Waals surface area contributed by atoms with Gasteiger partial charge in [0.05, 0.1) is 10.3 Å².